The molecule has 8 rings (SSSR count). The molecule has 3 aromatic heterocycles. The summed E-state index contributed by atoms with van der Waals surface area (Å²) < 4.78 is 37.9. The van der Waals surface area contributed by atoms with E-state index in [-0.39, 0.29) is 29.1 Å². The van der Waals surface area contributed by atoms with Gasteiger partial charge in [-0.1, -0.05) is 84.9 Å². The molecule has 0 saturated heterocycles. The first kappa shape index (κ1) is 37.9. The van der Waals surface area contributed by atoms with E-state index < -0.39 is 0 Å². The van der Waals surface area contributed by atoms with Crippen molar-refractivity contribution in [3.8, 4) is 39.9 Å². The fourth-order valence-corrected chi connectivity index (χ4v) is 6.48. The second-order valence-electron chi connectivity index (χ2n) is 13.8. The first-order chi connectivity index (χ1) is 28.5. The molecule has 11 heteroatoms. The summed E-state index contributed by atoms with van der Waals surface area (Å²) >= 11 is 0. The molecule has 1 unspecified atom stereocenters. The Bertz CT molecular complexity index is 2730. The molecular weight excluding hydrogens is 735 g/mol. The van der Waals surface area contributed by atoms with Gasteiger partial charge in [0.15, 0.2) is 11.2 Å². The summed E-state index contributed by atoms with van der Waals surface area (Å²) in [6.07, 6.45) is 2.65. The Balaban J connectivity index is 0.782. The van der Waals surface area contributed by atoms with E-state index in [1.54, 1.807) is 41.1 Å². The predicted molar refractivity (Wildman–Crippen MR) is 221 cm³/mol. The lowest BCUT2D eigenvalue weighted by molar-refractivity contribution is 0.0923. The highest BCUT2D eigenvalue weighted by Gasteiger charge is 2.18. The summed E-state index contributed by atoms with van der Waals surface area (Å²) in [6.45, 7) is 4.51. The van der Waals surface area contributed by atoms with Gasteiger partial charge in [-0.15, -0.1) is 5.10 Å². The van der Waals surface area contributed by atoms with Crippen molar-refractivity contribution in [2.75, 3.05) is 26.4 Å². The van der Waals surface area contributed by atoms with Crippen LogP contribution in [0.5, 0.6) is 17.2 Å². The van der Waals surface area contributed by atoms with Crippen molar-refractivity contribution in [2.45, 2.75) is 32.4 Å². The molecule has 0 amide bonds. The lowest BCUT2D eigenvalue weighted by Crippen LogP contribution is -2.12. The SMILES string of the molecule is CC(CCOc1ccc2c(=O)cc(-c3ccccc3)oc2c1)c1cn(CCOCCOc2ccc(-c3oc4ccccc4c(=O)c3OCc3ccccc3)cc2)nn1. The van der Waals surface area contributed by atoms with Gasteiger partial charge in [-0.05, 0) is 60.5 Å². The van der Waals surface area contributed by atoms with Crippen molar-refractivity contribution in [1.82, 2.24) is 15.0 Å². The van der Waals surface area contributed by atoms with Crippen molar-refractivity contribution in [1.29, 1.82) is 0 Å². The van der Waals surface area contributed by atoms with Crippen LogP contribution >= 0.6 is 0 Å². The Morgan fingerprint density at radius 3 is 2.22 bits per heavy atom. The molecule has 0 N–H and O–H groups in total. The molecule has 0 bridgehead atoms. The molecule has 0 radical (unpaired) electrons. The van der Waals surface area contributed by atoms with Crippen LogP contribution in [0.4, 0.5) is 0 Å². The lowest BCUT2D eigenvalue weighted by Gasteiger charge is -2.12. The summed E-state index contributed by atoms with van der Waals surface area (Å²) in [5.74, 6) is 2.45. The number of ether oxygens (including phenoxy) is 4. The number of hydrogen-bond donors (Lipinski definition) is 0. The van der Waals surface area contributed by atoms with E-state index in [0.29, 0.717) is 83.5 Å². The highest BCUT2D eigenvalue weighted by atomic mass is 16.5. The maximum Gasteiger partial charge on any atom is 0.235 e. The molecule has 3 heterocycles. The fraction of sp³-hybridized carbons (Fsp3) is 0.191. The third-order valence-corrected chi connectivity index (χ3v) is 9.70. The number of aromatic nitrogens is 3. The Labute approximate surface area is 334 Å². The lowest BCUT2D eigenvalue weighted by atomic mass is 10.1. The second-order valence-corrected chi connectivity index (χ2v) is 13.8. The third kappa shape index (κ3) is 9.01. The number of benzene rings is 5. The molecule has 58 heavy (non-hydrogen) atoms. The zero-order chi connectivity index (χ0) is 39.7. The minimum atomic E-state index is -0.221. The average Bonchev–Trinajstić information content (AvgIpc) is 3.74. The maximum absolute atomic E-state index is 13.5. The predicted octanol–water partition coefficient (Wildman–Crippen LogP) is 9.07. The van der Waals surface area contributed by atoms with Gasteiger partial charge in [0.05, 0.1) is 42.8 Å². The van der Waals surface area contributed by atoms with E-state index in [4.69, 9.17) is 27.8 Å². The van der Waals surface area contributed by atoms with E-state index in [0.717, 1.165) is 23.2 Å². The molecule has 292 valence electrons. The van der Waals surface area contributed by atoms with Crippen LogP contribution in [0.15, 0.2) is 158 Å². The number of fused-ring (bicyclic) bond motifs is 2. The summed E-state index contributed by atoms with van der Waals surface area (Å²) in [5.41, 5.74) is 4.00. The van der Waals surface area contributed by atoms with Crippen LogP contribution in [0.25, 0.3) is 44.6 Å². The summed E-state index contributed by atoms with van der Waals surface area (Å²) in [4.78, 5) is 26.2. The smallest absolute Gasteiger partial charge is 0.235 e. The first-order valence-electron chi connectivity index (χ1n) is 19.2. The Morgan fingerprint density at radius 1 is 0.655 bits per heavy atom. The van der Waals surface area contributed by atoms with Gasteiger partial charge < -0.3 is 27.8 Å². The third-order valence-electron chi connectivity index (χ3n) is 9.70. The largest absolute Gasteiger partial charge is 0.493 e. The normalized spacial score (nSPS) is 11.8. The molecule has 0 aliphatic carbocycles. The van der Waals surface area contributed by atoms with Crippen molar-refractivity contribution in [3.63, 3.8) is 0 Å². The molecule has 11 nitrogen and oxygen atoms in total. The molecule has 0 saturated carbocycles. The molecule has 0 aliphatic heterocycles. The van der Waals surface area contributed by atoms with Crippen molar-refractivity contribution >= 4 is 21.9 Å². The Morgan fingerprint density at radius 2 is 1.40 bits per heavy atom. The topological polar surface area (TPSA) is 128 Å². The number of rotatable bonds is 17. The molecule has 1 atom stereocenters. The molecule has 8 aromatic rings. The van der Waals surface area contributed by atoms with E-state index in [9.17, 15) is 9.59 Å². The van der Waals surface area contributed by atoms with Gasteiger partial charge in [-0.2, -0.15) is 0 Å². The summed E-state index contributed by atoms with van der Waals surface area (Å²) in [5, 5.41) is 9.60. The van der Waals surface area contributed by atoms with E-state index in [2.05, 4.69) is 17.2 Å². The molecular formula is C47H41N3O8. The Hall–Kier alpha value is -6.98. The van der Waals surface area contributed by atoms with Gasteiger partial charge in [-0.3, -0.25) is 9.59 Å². The van der Waals surface area contributed by atoms with Crippen LogP contribution in [0.1, 0.15) is 30.5 Å². The molecule has 0 fully saturated rings. The monoisotopic (exact) mass is 775 g/mol. The van der Waals surface area contributed by atoms with Gasteiger partial charge in [0.1, 0.15) is 41.6 Å². The summed E-state index contributed by atoms with van der Waals surface area (Å²) in [6, 6.07) is 40.6. The van der Waals surface area contributed by atoms with Crippen LogP contribution in [0.3, 0.4) is 0 Å². The highest BCUT2D eigenvalue weighted by Crippen LogP contribution is 2.33. The fourth-order valence-electron chi connectivity index (χ4n) is 6.48. The zero-order valence-electron chi connectivity index (χ0n) is 31.9. The second kappa shape index (κ2) is 17.9. The number of hydrogen-bond acceptors (Lipinski definition) is 10. The van der Waals surface area contributed by atoms with E-state index in [1.807, 2.05) is 97.2 Å². The van der Waals surface area contributed by atoms with Crippen LogP contribution in [-0.4, -0.2) is 41.4 Å². The number of para-hydroxylation sites is 1. The highest BCUT2D eigenvalue weighted by molar-refractivity contribution is 5.82. The van der Waals surface area contributed by atoms with Crippen molar-refractivity contribution < 1.29 is 27.8 Å². The van der Waals surface area contributed by atoms with Gasteiger partial charge >= 0.3 is 0 Å². The van der Waals surface area contributed by atoms with Crippen LogP contribution in [0.2, 0.25) is 0 Å². The van der Waals surface area contributed by atoms with Gasteiger partial charge in [0.2, 0.25) is 11.2 Å². The van der Waals surface area contributed by atoms with E-state index >= 15 is 0 Å². The van der Waals surface area contributed by atoms with Crippen molar-refractivity contribution in [2.24, 2.45) is 0 Å². The number of nitrogens with zero attached hydrogens (tertiary/aromatic N) is 3. The quantitative estimate of drug-likeness (QED) is 0.0827. The van der Waals surface area contributed by atoms with E-state index in [1.165, 1.54) is 6.07 Å². The Kier molecular flexibility index (Phi) is 11.7. The zero-order valence-corrected chi connectivity index (χ0v) is 31.9. The van der Waals surface area contributed by atoms with Gasteiger partial charge in [0.25, 0.3) is 0 Å². The van der Waals surface area contributed by atoms with Gasteiger partial charge in [-0.25, -0.2) is 4.68 Å². The van der Waals surface area contributed by atoms with Crippen molar-refractivity contribution in [3.05, 3.63) is 171 Å². The van der Waals surface area contributed by atoms with Gasteiger partial charge in [0, 0.05) is 35.4 Å². The summed E-state index contributed by atoms with van der Waals surface area (Å²) in [7, 11) is 0. The molecule has 0 spiro atoms. The molecule has 0 aliphatic rings. The van der Waals surface area contributed by atoms with Crippen LogP contribution in [0, 0.1) is 0 Å². The van der Waals surface area contributed by atoms with Crippen LogP contribution in [-0.2, 0) is 17.9 Å². The molecule has 5 aromatic carbocycles. The first-order valence-corrected chi connectivity index (χ1v) is 19.2. The average molecular weight is 776 g/mol. The maximum atomic E-state index is 13.5. The minimum Gasteiger partial charge on any atom is -0.493 e. The standard InChI is InChI=1S/C47H41N3O8/c1-32(22-24-54-37-20-21-38-41(51)29-43(57-44(38)28-37)34-12-6-3-7-13-34)40-30-50(49-48-40)23-25-53-26-27-55-36-18-16-35(17-19-36)46-47(56-31-33-10-4-2-5-11-33)45(52)39-14-8-9-15-42(39)58-46/h2-21,28-30,32H,22-27,31H2,1H3. The minimum absolute atomic E-state index is 0.0963. The van der Waals surface area contributed by atoms with Crippen LogP contribution < -0.4 is 25.1 Å².